The molecule has 1 aromatic heterocycles. The molecule has 1 aromatic carbocycles. The van der Waals surface area contributed by atoms with Crippen LogP contribution < -0.4 is 9.47 Å². The van der Waals surface area contributed by atoms with Gasteiger partial charge in [-0.3, -0.25) is 4.79 Å². The third-order valence-electron chi connectivity index (χ3n) is 3.11. The molecule has 0 atom stereocenters. The van der Waals surface area contributed by atoms with E-state index in [-0.39, 0.29) is 17.1 Å². The summed E-state index contributed by atoms with van der Waals surface area (Å²) in [6, 6.07) is 5.11. The molecule has 0 aliphatic carbocycles. The minimum atomic E-state index is -0.238. The van der Waals surface area contributed by atoms with Gasteiger partial charge < -0.3 is 9.47 Å². The summed E-state index contributed by atoms with van der Waals surface area (Å²) < 4.78 is 12.1. The van der Waals surface area contributed by atoms with Gasteiger partial charge in [0.25, 0.3) is 0 Å². The van der Waals surface area contributed by atoms with Crippen LogP contribution in [-0.2, 0) is 5.54 Å². The van der Waals surface area contributed by atoms with Crippen LogP contribution in [0, 0.1) is 0 Å². The molecular formula is C15H20N4O3S. The fraction of sp³-hybridized carbons (Fsp3) is 0.467. The molecule has 0 amide bonds. The molecule has 0 unspecified atom stereocenters. The summed E-state index contributed by atoms with van der Waals surface area (Å²) in [6.07, 6.45) is 0. The van der Waals surface area contributed by atoms with Crippen molar-refractivity contribution in [1.82, 2.24) is 20.2 Å². The first kappa shape index (κ1) is 17.3. The average Bonchev–Trinajstić information content (AvgIpc) is 3.00. The number of benzene rings is 1. The van der Waals surface area contributed by atoms with Crippen LogP contribution in [0.4, 0.5) is 0 Å². The lowest BCUT2D eigenvalue weighted by atomic mass is 10.1. The van der Waals surface area contributed by atoms with Crippen LogP contribution in [0.25, 0.3) is 0 Å². The molecule has 0 saturated carbocycles. The number of aromatic nitrogens is 4. The van der Waals surface area contributed by atoms with Gasteiger partial charge in [0.2, 0.25) is 5.16 Å². The van der Waals surface area contributed by atoms with Crippen LogP contribution in [0.3, 0.4) is 0 Å². The molecule has 0 N–H and O–H groups in total. The van der Waals surface area contributed by atoms with Crippen molar-refractivity contribution in [3.8, 4) is 11.5 Å². The molecule has 2 aromatic rings. The molecule has 2 rings (SSSR count). The highest BCUT2D eigenvalue weighted by molar-refractivity contribution is 7.99. The normalized spacial score (nSPS) is 11.3. The van der Waals surface area contributed by atoms with Crippen LogP contribution in [0.15, 0.2) is 23.4 Å². The number of carbonyl (C=O) groups excluding carboxylic acids is 1. The van der Waals surface area contributed by atoms with Crippen molar-refractivity contribution in [2.45, 2.75) is 31.5 Å². The lowest BCUT2D eigenvalue weighted by Crippen LogP contribution is -2.24. The highest BCUT2D eigenvalue weighted by Gasteiger charge is 2.21. The van der Waals surface area contributed by atoms with Gasteiger partial charge in [-0.15, -0.1) is 5.10 Å². The zero-order chi connectivity index (χ0) is 17.0. The van der Waals surface area contributed by atoms with E-state index in [0.29, 0.717) is 22.2 Å². The second-order valence-corrected chi connectivity index (χ2v) is 6.77. The summed E-state index contributed by atoms with van der Waals surface area (Å²) in [5.41, 5.74) is 0.322. The number of Topliss-reactive ketones (excluding diaryl/α,β-unsaturated/α-hetero) is 1. The minimum absolute atomic E-state index is 0.0283. The van der Waals surface area contributed by atoms with Gasteiger partial charge in [0.15, 0.2) is 17.3 Å². The number of ether oxygens (including phenoxy) is 2. The van der Waals surface area contributed by atoms with Crippen molar-refractivity contribution in [1.29, 1.82) is 0 Å². The maximum atomic E-state index is 12.4. The molecule has 124 valence electrons. The van der Waals surface area contributed by atoms with E-state index in [1.165, 1.54) is 11.8 Å². The molecule has 0 spiro atoms. The number of carbonyl (C=O) groups is 1. The van der Waals surface area contributed by atoms with Crippen molar-refractivity contribution in [2.75, 3.05) is 20.0 Å². The fourth-order valence-corrected chi connectivity index (χ4v) is 2.87. The van der Waals surface area contributed by atoms with E-state index in [9.17, 15) is 4.79 Å². The molecule has 0 aliphatic rings. The van der Waals surface area contributed by atoms with Crippen molar-refractivity contribution in [3.63, 3.8) is 0 Å². The van der Waals surface area contributed by atoms with Crippen molar-refractivity contribution >= 4 is 17.5 Å². The summed E-state index contributed by atoms with van der Waals surface area (Å²) in [7, 11) is 3.10. The van der Waals surface area contributed by atoms with Gasteiger partial charge in [-0.05, 0) is 49.4 Å². The third-order valence-corrected chi connectivity index (χ3v) is 4.03. The number of tetrazole rings is 1. The molecule has 0 fully saturated rings. The summed E-state index contributed by atoms with van der Waals surface area (Å²) in [5, 5.41) is 12.3. The Hall–Kier alpha value is -2.09. The number of rotatable bonds is 6. The molecule has 0 radical (unpaired) electrons. The first-order chi connectivity index (χ1) is 10.9. The standard InChI is InChI=1S/C15H20N4O3S/c1-15(2,3)19-14(16-17-18-19)23-9-11(20)10-6-7-12(21-4)13(8-10)22-5/h6-8H,9H2,1-5H3. The zero-order valence-electron chi connectivity index (χ0n) is 13.9. The largest absolute Gasteiger partial charge is 0.493 e. The fourth-order valence-electron chi connectivity index (χ4n) is 1.91. The molecule has 0 aliphatic heterocycles. The monoisotopic (exact) mass is 336 g/mol. The molecule has 23 heavy (non-hydrogen) atoms. The lowest BCUT2D eigenvalue weighted by Gasteiger charge is -2.19. The van der Waals surface area contributed by atoms with E-state index in [0.717, 1.165) is 0 Å². The average molecular weight is 336 g/mol. The Morgan fingerprint density at radius 2 is 1.91 bits per heavy atom. The number of hydrogen-bond donors (Lipinski definition) is 0. The van der Waals surface area contributed by atoms with Gasteiger partial charge in [-0.25, -0.2) is 4.68 Å². The molecule has 7 nitrogen and oxygen atoms in total. The highest BCUT2D eigenvalue weighted by Crippen LogP contribution is 2.28. The number of hydrogen-bond acceptors (Lipinski definition) is 7. The maximum absolute atomic E-state index is 12.4. The summed E-state index contributed by atoms with van der Waals surface area (Å²) >= 11 is 1.31. The van der Waals surface area contributed by atoms with Gasteiger partial charge in [0.1, 0.15) is 0 Å². The van der Waals surface area contributed by atoms with Crippen LogP contribution in [-0.4, -0.2) is 46.0 Å². The van der Waals surface area contributed by atoms with E-state index < -0.39 is 0 Å². The Kier molecular flexibility index (Phi) is 5.25. The van der Waals surface area contributed by atoms with Gasteiger partial charge >= 0.3 is 0 Å². The maximum Gasteiger partial charge on any atom is 0.210 e. The second-order valence-electron chi connectivity index (χ2n) is 5.83. The Labute approximate surface area is 139 Å². The van der Waals surface area contributed by atoms with Gasteiger partial charge in [-0.1, -0.05) is 11.8 Å². The molecule has 0 saturated heterocycles. The minimum Gasteiger partial charge on any atom is -0.493 e. The van der Waals surface area contributed by atoms with Gasteiger partial charge in [0, 0.05) is 5.56 Å². The second kappa shape index (κ2) is 6.99. The number of nitrogens with zero attached hydrogens (tertiary/aromatic N) is 4. The molecular weight excluding hydrogens is 316 g/mol. The van der Waals surface area contributed by atoms with E-state index in [1.807, 2.05) is 20.8 Å². The number of ketones is 1. The topological polar surface area (TPSA) is 79.1 Å². The van der Waals surface area contributed by atoms with Gasteiger partial charge in [0.05, 0.1) is 25.5 Å². The summed E-state index contributed by atoms with van der Waals surface area (Å²) in [6.45, 7) is 6.01. The van der Waals surface area contributed by atoms with E-state index in [2.05, 4.69) is 15.5 Å². The number of methoxy groups -OCH3 is 2. The molecule has 1 heterocycles. The predicted octanol–water partition coefficient (Wildman–Crippen LogP) is 2.42. The highest BCUT2D eigenvalue weighted by atomic mass is 32.2. The lowest BCUT2D eigenvalue weighted by molar-refractivity contribution is 0.102. The molecule has 0 bridgehead atoms. The van der Waals surface area contributed by atoms with E-state index >= 15 is 0 Å². The smallest absolute Gasteiger partial charge is 0.210 e. The zero-order valence-corrected chi connectivity index (χ0v) is 14.7. The SMILES string of the molecule is COc1ccc(C(=O)CSc2nnnn2C(C)(C)C)cc1OC. The molecule has 8 heteroatoms. The number of thioether (sulfide) groups is 1. The van der Waals surface area contributed by atoms with Crippen LogP contribution in [0.1, 0.15) is 31.1 Å². The van der Waals surface area contributed by atoms with Crippen LogP contribution in [0.2, 0.25) is 0 Å². The van der Waals surface area contributed by atoms with Crippen molar-refractivity contribution < 1.29 is 14.3 Å². The van der Waals surface area contributed by atoms with Crippen molar-refractivity contribution in [3.05, 3.63) is 23.8 Å². The van der Waals surface area contributed by atoms with Crippen LogP contribution >= 0.6 is 11.8 Å². The van der Waals surface area contributed by atoms with Crippen LogP contribution in [0.5, 0.6) is 11.5 Å². The summed E-state index contributed by atoms with van der Waals surface area (Å²) in [4.78, 5) is 12.4. The first-order valence-corrected chi connectivity index (χ1v) is 8.02. The van der Waals surface area contributed by atoms with Crippen molar-refractivity contribution in [2.24, 2.45) is 0 Å². The van der Waals surface area contributed by atoms with E-state index in [1.54, 1.807) is 37.1 Å². The Morgan fingerprint density at radius 1 is 1.22 bits per heavy atom. The summed E-state index contributed by atoms with van der Waals surface area (Å²) in [5.74, 6) is 1.34. The Bertz CT molecular complexity index is 694. The quantitative estimate of drug-likeness (QED) is 0.592. The Morgan fingerprint density at radius 3 is 2.52 bits per heavy atom. The van der Waals surface area contributed by atoms with Gasteiger partial charge in [-0.2, -0.15) is 0 Å². The predicted molar refractivity (Wildman–Crippen MR) is 87.4 cm³/mol. The van der Waals surface area contributed by atoms with E-state index in [4.69, 9.17) is 9.47 Å². The Balaban J connectivity index is 2.10. The third kappa shape index (κ3) is 4.01. The first-order valence-electron chi connectivity index (χ1n) is 7.03.